The van der Waals surface area contributed by atoms with Gasteiger partial charge in [0.05, 0.1) is 0 Å². The van der Waals surface area contributed by atoms with E-state index < -0.39 is 0 Å². The molecule has 1 aliphatic rings. The highest BCUT2D eigenvalue weighted by Gasteiger charge is 2.27. The molecule has 0 saturated carbocycles. The molecule has 1 aliphatic heterocycles. The maximum atomic E-state index is 5.07. The predicted molar refractivity (Wildman–Crippen MR) is 75.1 cm³/mol. The molecule has 0 aliphatic carbocycles. The van der Waals surface area contributed by atoms with E-state index in [9.17, 15) is 0 Å². The van der Waals surface area contributed by atoms with Crippen LogP contribution in [0.1, 0.15) is 45.4 Å². The van der Waals surface area contributed by atoms with Crippen molar-refractivity contribution in [2.45, 2.75) is 52.2 Å². The van der Waals surface area contributed by atoms with E-state index in [4.69, 9.17) is 4.74 Å². The minimum atomic E-state index is 0.515. The second-order valence-electron chi connectivity index (χ2n) is 5.39. The molecule has 0 spiro atoms. The monoisotopic (exact) mass is 269 g/mol. The lowest BCUT2D eigenvalue weighted by Crippen LogP contribution is -2.29. The third-order valence-corrected chi connectivity index (χ3v) is 4.22. The van der Waals surface area contributed by atoms with Gasteiger partial charge in [0.25, 0.3) is 0 Å². The summed E-state index contributed by atoms with van der Waals surface area (Å²) in [6, 6.07) is 0.663. The van der Waals surface area contributed by atoms with E-state index in [1.807, 2.05) is 0 Å². The molecular formula is C13H23N3OS. The lowest BCUT2D eigenvalue weighted by molar-refractivity contribution is 0.179. The normalized spacial score (nSPS) is 20.0. The van der Waals surface area contributed by atoms with E-state index in [0.29, 0.717) is 12.6 Å². The number of hydrogen-bond acceptors (Lipinski definition) is 5. The number of rotatable bonds is 6. The van der Waals surface area contributed by atoms with Crippen molar-refractivity contribution in [3.05, 3.63) is 5.82 Å². The van der Waals surface area contributed by atoms with Gasteiger partial charge in [-0.2, -0.15) is 4.37 Å². The van der Waals surface area contributed by atoms with Crippen molar-refractivity contribution < 1.29 is 4.74 Å². The van der Waals surface area contributed by atoms with Crippen LogP contribution in [0.2, 0.25) is 0 Å². The molecule has 102 valence electrons. The fourth-order valence-corrected chi connectivity index (χ4v) is 3.23. The van der Waals surface area contributed by atoms with E-state index >= 15 is 0 Å². The van der Waals surface area contributed by atoms with Crippen LogP contribution in [0.15, 0.2) is 0 Å². The van der Waals surface area contributed by atoms with Crippen molar-refractivity contribution >= 4 is 16.7 Å². The fraction of sp³-hybridized carbons (Fsp3) is 0.846. The maximum Gasteiger partial charge on any atom is 0.205 e. The molecule has 4 nitrogen and oxygen atoms in total. The van der Waals surface area contributed by atoms with Gasteiger partial charge in [0.2, 0.25) is 5.13 Å². The average Bonchev–Trinajstić information content (AvgIpc) is 2.94. The van der Waals surface area contributed by atoms with Crippen molar-refractivity contribution in [2.24, 2.45) is 5.92 Å². The third-order valence-electron chi connectivity index (χ3n) is 3.43. The van der Waals surface area contributed by atoms with Crippen molar-refractivity contribution in [3.8, 4) is 0 Å². The average molecular weight is 269 g/mol. The summed E-state index contributed by atoms with van der Waals surface area (Å²) in [5.41, 5.74) is 0. The van der Waals surface area contributed by atoms with Crippen LogP contribution in [-0.2, 0) is 11.3 Å². The van der Waals surface area contributed by atoms with Crippen LogP contribution in [0, 0.1) is 5.92 Å². The molecule has 1 saturated heterocycles. The molecule has 1 fully saturated rings. The molecule has 5 heteroatoms. The van der Waals surface area contributed by atoms with Gasteiger partial charge in [0, 0.05) is 31.2 Å². The Balaban J connectivity index is 1.96. The number of aromatic nitrogens is 2. The zero-order chi connectivity index (χ0) is 13.0. The first-order valence-electron chi connectivity index (χ1n) is 6.79. The molecule has 0 N–H and O–H groups in total. The summed E-state index contributed by atoms with van der Waals surface area (Å²) in [6.07, 6.45) is 5.15. The van der Waals surface area contributed by atoms with Gasteiger partial charge in [0.15, 0.2) is 5.82 Å². The second-order valence-corrected chi connectivity index (χ2v) is 6.12. The largest absolute Gasteiger partial charge is 0.377 e. The zero-order valence-corrected chi connectivity index (χ0v) is 12.4. The summed E-state index contributed by atoms with van der Waals surface area (Å²) in [4.78, 5) is 7.01. The van der Waals surface area contributed by atoms with E-state index in [1.54, 1.807) is 7.11 Å². The third kappa shape index (κ3) is 3.42. The highest BCUT2D eigenvalue weighted by atomic mass is 32.1. The predicted octanol–water partition coefficient (Wildman–Crippen LogP) is 3.09. The summed E-state index contributed by atoms with van der Waals surface area (Å²) in [5.74, 6) is 1.60. The lowest BCUT2D eigenvalue weighted by Gasteiger charge is -2.24. The standard InChI is InChI=1S/C13H23N3OS/c1-10(2)6-7-11-5-4-8-16(11)13-14-12(9-17-3)15-18-13/h10-11H,4-9H2,1-3H3. The zero-order valence-electron chi connectivity index (χ0n) is 11.6. The van der Waals surface area contributed by atoms with Gasteiger partial charge >= 0.3 is 0 Å². The topological polar surface area (TPSA) is 38.2 Å². The van der Waals surface area contributed by atoms with Crippen LogP contribution < -0.4 is 4.90 Å². The Bertz CT molecular complexity index is 367. The Kier molecular flexibility index (Phi) is 4.95. The molecule has 1 unspecified atom stereocenters. The van der Waals surface area contributed by atoms with Crippen molar-refractivity contribution in [1.82, 2.24) is 9.36 Å². The van der Waals surface area contributed by atoms with Gasteiger partial charge in [0.1, 0.15) is 6.61 Å². The van der Waals surface area contributed by atoms with E-state index in [2.05, 4.69) is 28.1 Å². The Morgan fingerprint density at radius 2 is 2.33 bits per heavy atom. The van der Waals surface area contributed by atoms with Gasteiger partial charge in [-0.3, -0.25) is 0 Å². The quantitative estimate of drug-likeness (QED) is 0.795. The summed E-state index contributed by atoms with van der Waals surface area (Å²) >= 11 is 1.51. The van der Waals surface area contributed by atoms with Crippen LogP contribution in [0.3, 0.4) is 0 Å². The molecule has 0 bridgehead atoms. The Morgan fingerprint density at radius 3 is 3.06 bits per heavy atom. The molecule has 18 heavy (non-hydrogen) atoms. The number of ether oxygens (including phenoxy) is 1. The highest BCUT2D eigenvalue weighted by molar-refractivity contribution is 7.09. The number of methoxy groups -OCH3 is 1. The molecule has 0 amide bonds. The number of hydrogen-bond donors (Lipinski definition) is 0. The molecule has 2 heterocycles. The van der Waals surface area contributed by atoms with Gasteiger partial charge in [-0.1, -0.05) is 13.8 Å². The van der Waals surface area contributed by atoms with Gasteiger partial charge in [-0.15, -0.1) is 0 Å². The summed E-state index contributed by atoms with van der Waals surface area (Å²) in [5, 5.41) is 1.08. The minimum absolute atomic E-state index is 0.515. The molecule has 1 aromatic rings. The van der Waals surface area contributed by atoms with Crippen molar-refractivity contribution in [2.75, 3.05) is 18.6 Å². The Hall–Kier alpha value is -0.680. The minimum Gasteiger partial charge on any atom is -0.377 e. The molecular weight excluding hydrogens is 246 g/mol. The summed E-state index contributed by atoms with van der Waals surface area (Å²) in [6.45, 7) is 6.23. The van der Waals surface area contributed by atoms with Crippen LogP contribution in [0.4, 0.5) is 5.13 Å². The lowest BCUT2D eigenvalue weighted by atomic mass is 10.0. The number of anilines is 1. The molecule has 1 aromatic heterocycles. The fourth-order valence-electron chi connectivity index (χ4n) is 2.46. The van der Waals surface area contributed by atoms with Gasteiger partial charge in [-0.05, 0) is 31.6 Å². The first-order valence-corrected chi connectivity index (χ1v) is 7.56. The molecule has 0 aromatic carbocycles. The first kappa shape index (κ1) is 13.7. The van der Waals surface area contributed by atoms with Crippen LogP contribution in [0.5, 0.6) is 0 Å². The molecule has 2 rings (SSSR count). The first-order chi connectivity index (χ1) is 8.70. The van der Waals surface area contributed by atoms with Crippen molar-refractivity contribution in [3.63, 3.8) is 0 Å². The van der Waals surface area contributed by atoms with Gasteiger partial charge in [-0.25, -0.2) is 4.98 Å². The molecule has 0 radical (unpaired) electrons. The maximum absolute atomic E-state index is 5.07. The second kappa shape index (κ2) is 6.48. The smallest absolute Gasteiger partial charge is 0.205 e. The Morgan fingerprint density at radius 1 is 1.50 bits per heavy atom. The van der Waals surface area contributed by atoms with E-state index in [1.165, 1.54) is 37.2 Å². The van der Waals surface area contributed by atoms with Crippen LogP contribution in [0.25, 0.3) is 0 Å². The number of nitrogens with zero attached hydrogens (tertiary/aromatic N) is 3. The SMILES string of the molecule is COCc1nsc(N2CCCC2CCC(C)C)n1. The van der Waals surface area contributed by atoms with Crippen molar-refractivity contribution in [1.29, 1.82) is 0 Å². The highest BCUT2D eigenvalue weighted by Crippen LogP contribution is 2.30. The summed E-state index contributed by atoms with van der Waals surface area (Å²) in [7, 11) is 1.68. The molecule has 1 atom stereocenters. The van der Waals surface area contributed by atoms with Crippen LogP contribution in [-0.4, -0.2) is 29.1 Å². The Labute approximate surface area is 114 Å². The van der Waals surface area contributed by atoms with E-state index in [-0.39, 0.29) is 0 Å². The summed E-state index contributed by atoms with van der Waals surface area (Å²) < 4.78 is 9.42. The van der Waals surface area contributed by atoms with E-state index in [0.717, 1.165) is 23.4 Å². The van der Waals surface area contributed by atoms with Crippen LogP contribution >= 0.6 is 11.5 Å². The van der Waals surface area contributed by atoms with Gasteiger partial charge < -0.3 is 9.64 Å².